The Labute approximate surface area is 241 Å². The molecule has 220 valence electrons. The van der Waals surface area contributed by atoms with E-state index in [0.29, 0.717) is 67.6 Å². The number of fused-ring (bicyclic) bond motifs is 2. The second kappa shape index (κ2) is 11.3. The number of ether oxygens (including phenoxy) is 2. The number of imidazole rings is 1. The summed E-state index contributed by atoms with van der Waals surface area (Å²) >= 11 is 0. The Balaban J connectivity index is 1.47. The normalized spacial score (nSPS) is 14.5. The van der Waals surface area contributed by atoms with E-state index in [0.717, 1.165) is 22.2 Å². The molecule has 0 saturated heterocycles. The summed E-state index contributed by atoms with van der Waals surface area (Å²) in [5.41, 5.74) is 4.60. The molecule has 1 N–H and O–H groups in total. The summed E-state index contributed by atoms with van der Waals surface area (Å²) in [6.07, 6.45) is 4.69. The Morgan fingerprint density at radius 3 is 2.60 bits per heavy atom. The highest BCUT2D eigenvalue weighted by molar-refractivity contribution is 5.81. The minimum absolute atomic E-state index is 0.271. The first-order chi connectivity index (χ1) is 20.3. The smallest absolute Gasteiger partial charge is 0.338 e. The minimum atomic E-state index is -1.08. The van der Waals surface area contributed by atoms with Crippen molar-refractivity contribution >= 4 is 10.9 Å². The largest absolute Gasteiger partial charge is 0.383 e. The molecule has 1 aliphatic heterocycles. The number of methoxy groups -OCH3 is 1. The first-order valence-electron chi connectivity index (χ1n) is 14.0. The molecule has 0 aliphatic carbocycles. The van der Waals surface area contributed by atoms with Gasteiger partial charge in [-0.3, -0.25) is 18.7 Å². The van der Waals surface area contributed by atoms with Crippen molar-refractivity contribution in [2.75, 3.05) is 26.9 Å². The van der Waals surface area contributed by atoms with E-state index in [1.54, 1.807) is 70.4 Å². The fourth-order valence-corrected chi connectivity index (χ4v) is 5.61. The fraction of sp³-hybridized carbons (Fsp3) is 0.367. The van der Waals surface area contributed by atoms with Crippen molar-refractivity contribution in [2.45, 2.75) is 46.7 Å². The van der Waals surface area contributed by atoms with Gasteiger partial charge in [-0.25, -0.2) is 13.9 Å². The summed E-state index contributed by atoms with van der Waals surface area (Å²) in [7, 11) is 1.65. The molecule has 1 atom stereocenters. The summed E-state index contributed by atoms with van der Waals surface area (Å²) in [4.78, 5) is 15.8. The van der Waals surface area contributed by atoms with Crippen LogP contribution in [-0.2, 0) is 29.0 Å². The van der Waals surface area contributed by atoms with E-state index in [4.69, 9.17) is 14.6 Å². The van der Waals surface area contributed by atoms with E-state index in [-0.39, 0.29) is 11.5 Å². The highest BCUT2D eigenvalue weighted by Gasteiger charge is 2.30. The van der Waals surface area contributed by atoms with Gasteiger partial charge in [0.15, 0.2) is 0 Å². The molecule has 0 bridgehead atoms. The second-order valence-electron chi connectivity index (χ2n) is 10.5. The Hall–Kier alpha value is -4.10. The van der Waals surface area contributed by atoms with Crippen LogP contribution in [0.25, 0.3) is 28.1 Å². The van der Waals surface area contributed by atoms with E-state index >= 15 is 0 Å². The molecule has 2 aromatic carbocycles. The van der Waals surface area contributed by atoms with Gasteiger partial charge in [0.05, 0.1) is 41.9 Å². The summed E-state index contributed by atoms with van der Waals surface area (Å²) in [5.74, 6) is 0.272. The summed E-state index contributed by atoms with van der Waals surface area (Å²) in [5, 5.41) is 20.8. The maximum atomic E-state index is 14.6. The molecule has 6 rings (SSSR count). The van der Waals surface area contributed by atoms with Crippen molar-refractivity contribution in [2.24, 2.45) is 0 Å². The van der Waals surface area contributed by atoms with Crippen molar-refractivity contribution < 1.29 is 19.0 Å². The van der Waals surface area contributed by atoms with Gasteiger partial charge in [0.25, 0.3) is 0 Å². The first kappa shape index (κ1) is 28.0. The molecule has 5 aromatic rings. The van der Waals surface area contributed by atoms with Crippen LogP contribution in [0.2, 0.25) is 0 Å². The lowest BCUT2D eigenvalue weighted by Gasteiger charge is -2.30. The van der Waals surface area contributed by atoms with Crippen LogP contribution in [0.1, 0.15) is 29.3 Å². The predicted molar refractivity (Wildman–Crippen MR) is 155 cm³/mol. The number of benzene rings is 2. The van der Waals surface area contributed by atoms with Gasteiger partial charge in [-0.15, -0.1) is 0 Å². The third kappa shape index (κ3) is 4.86. The summed E-state index contributed by atoms with van der Waals surface area (Å²) in [6, 6.07) is 9.22. The molecule has 42 heavy (non-hydrogen) atoms. The molecule has 1 unspecified atom stereocenters. The lowest BCUT2D eigenvalue weighted by molar-refractivity contribution is -0.195. The molecule has 0 spiro atoms. The Morgan fingerprint density at radius 1 is 1.10 bits per heavy atom. The maximum absolute atomic E-state index is 14.6. The Kier molecular flexibility index (Phi) is 7.54. The van der Waals surface area contributed by atoms with Crippen LogP contribution in [-0.4, -0.2) is 72.0 Å². The zero-order valence-electron chi connectivity index (χ0n) is 24.1. The van der Waals surface area contributed by atoms with Crippen molar-refractivity contribution in [1.29, 1.82) is 0 Å². The third-order valence-electron chi connectivity index (χ3n) is 7.75. The van der Waals surface area contributed by atoms with Crippen LogP contribution in [0.15, 0.2) is 53.7 Å². The van der Waals surface area contributed by atoms with Crippen LogP contribution in [0, 0.1) is 19.7 Å². The van der Waals surface area contributed by atoms with Gasteiger partial charge in [0, 0.05) is 56.6 Å². The molecule has 4 heterocycles. The molecular formula is C30H34FN7O4. The summed E-state index contributed by atoms with van der Waals surface area (Å²) in [6.45, 7) is 7.66. The molecule has 0 radical (unpaired) electrons. The van der Waals surface area contributed by atoms with Gasteiger partial charge < -0.3 is 14.6 Å². The molecular weight excluding hydrogens is 541 g/mol. The van der Waals surface area contributed by atoms with Crippen molar-refractivity contribution in [1.82, 2.24) is 33.6 Å². The standard InChI is InChI=1S/C30H34FN7O4/c1-5-42-30(40)34-9-8-25-24(18-34)28(38(33-25)23-14-19(2)27(31)20(3)15-23)36-11-10-35(29(36)39)22-6-7-26-21(16-22)17-32-37(26)12-13-41-4/h6-7,10-11,14-17,30,40H,5,8-9,12-13,18H2,1-4H3. The van der Waals surface area contributed by atoms with Crippen LogP contribution >= 0.6 is 0 Å². The van der Waals surface area contributed by atoms with Crippen molar-refractivity contribution in [3.8, 4) is 17.2 Å². The topological polar surface area (TPSA) is 105 Å². The van der Waals surface area contributed by atoms with Crippen LogP contribution < -0.4 is 5.69 Å². The van der Waals surface area contributed by atoms with E-state index in [1.807, 2.05) is 29.8 Å². The van der Waals surface area contributed by atoms with Gasteiger partial charge >= 0.3 is 5.69 Å². The highest BCUT2D eigenvalue weighted by atomic mass is 19.1. The van der Waals surface area contributed by atoms with Gasteiger partial charge in [0.2, 0.25) is 6.41 Å². The number of aryl methyl sites for hydroxylation is 2. The van der Waals surface area contributed by atoms with Crippen LogP contribution in [0.5, 0.6) is 0 Å². The van der Waals surface area contributed by atoms with E-state index in [9.17, 15) is 14.3 Å². The quantitative estimate of drug-likeness (QED) is 0.269. The van der Waals surface area contributed by atoms with Gasteiger partial charge in [-0.1, -0.05) is 0 Å². The third-order valence-corrected chi connectivity index (χ3v) is 7.75. The summed E-state index contributed by atoms with van der Waals surface area (Å²) < 4.78 is 31.9. The Morgan fingerprint density at radius 2 is 1.86 bits per heavy atom. The number of hydrogen-bond acceptors (Lipinski definition) is 7. The average Bonchev–Trinajstić information content (AvgIpc) is 3.68. The number of hydrogen-bond donors (Lipinski definition) is 1. The Bertz CT molecular complexity index is 1790. The van der Waals surface area contributed by atoms with Crippen molar-refractivity contribution in [3.05, 3.63) is 87.6 Å². The number of aromatic nitrogens is 6. The number of aliphatic hydroxyl groups is 1. The van der Waals surface area contributed by atoms with Crippen LogP contribution in [0.3, 0.4) is 0 Å². The second-order valence-corrected chi connectivity index (χ2v) is 10.5. The van der Waals surface area contributed by atoms with Crippen molar-refractivity contribution in [3.63, 3.8) is 0 Å². The number of aliphatic hydroxyl groups excluding tert-OH is 1. The number of halogens is 1. The molecule has 12 heteroatoms. The van der Waals surface area contributed by atoms with E-state index in [1.165, 1.54) is 0 Å². The maximum Gasteiger partial charge on any atom is 0.338 e. The zero-order chi connectivity index (χ0) is 29.5. The molecule has 3 aromatic heterocycles. The minimum Gasteiger partial charge on any atom is -0.383 e. The number of nitrogens with zero attached hydrogens (tertiary/aromatic N) is 7. The highest BCUT2D eigenvalue weighted by Crippen LogP contribution is 2.30. The lowest BCUT2D eigenvalue weighted by atomic mass is 10.1. The monoisotopic (exact) mass is 575 g/mol. The SMILES string of the molecule is CCOC(O)N1CCc2nn(-c3cc(C)c(F)c(C)c3)c(-n3ccn(-c4ccc5c(cnn5CCOC)c4)c3=O)c2C1. The average molecular weight is 576 g/mol. The van der Waals surface area contributed by atoms with E-state index < -0.39 is 6.41 Å². The van der Waals surface area contributed by atoms with Gasteiger partial charge in [-0.05, 0) is 62.2 Å². The van der Waals surface area contributed by atoms with Crippen LogP contribution in [0.4, 0.5) is 4.39 Å². The molecule has 0 amide bonds. The molecule has 0 saturated carbocycles. The fourth-order valence-electron chi connectivity index (χ4n) is 5.61. The first-order valence-corrected chi connectivity index (χ1v) is 14.0. The van der Waals surface area contributed by atoms with Gasteiger partial charge in [-0.2, -0.15) is 10.2 Å². The van der Waals surface area contributed by atoms with Gasteiger partial charge in [0.1, 0.15) is 11.6 Å². The predicted octanol–water partition coefficient (Wildman–Crippen LogP) is 3.24. The lowest BCUT2D eigenvalue weighted by Crippen LogP contribution is -2.41. The molecule has 11 nitrogen and oxygen atoms in total. The molecule has 0 fully saturated rings. The molecule has 1 aliphatic rings. The zero-order valence-corrected chi connectivity index (χ0v) is 24.1. The number of rotatable bonds is 9. The van der Waals surface area contributed by atoms with E-state index in [2.05, 4.69) is 5.10 Å².